The molecule has 0 saturated carbocycles. The van der Waals surface area contributed by atoms with Gasteiger partial charge in [0.05, 0.1) is 24.5 Å². The third-order valence-electron chi connectivity index (χ3n) is 4.17. The summed E-state index contributed by atoms with van der Waals surface area (Å²) < 4.78 is 4.07. The molecule has 0 radical (unpaired) electrons. The number of rotatable bonds is 3. The molecular weight excluding hydrogens is 298 g/mol. The predicted octanol–water partition coefficient (Wildman–Crippen LogP) is 2.00. The molecule has 114 valence electrons. The first-order valence-corrected chi connectivity index (χ1v) is 8.34. The lowest BCUT2D eigenvalue weighted by Crippen LogP contribution is -2.41. The van der Waals surface area contributed by atoms with E-state index in [4.69, 9.17) is 0 Å². The van der Waals surface area contributed by atoms with Gasteiger partial charge in [0.1, 0.15) is 0 Å². The Morgan fingerprint density at radius 1 is 1.41 bits per heavy atom. The largest absolute Gasteiger partial charge is 0.340 e. The molecule has 0 spiro atoms. The lowest BCUT2D eigenvalue weighted by Gasteiger charge is -2.33. The van der Waals surface area contributed by atoms with Gasteiger partial charge < -0.3 is 9.47 Å². The van der Waals surface area contributed by atoms with Gasteiger partial charge in [0.15, 0.2) is 4.96 Å². The maximum Gasteiger partial charge on any atom is 0.228 e. The average molecular weight is 315 g/mol. The molecule has 0 N–H and O–H groups in total. The molecule has 1 unspecified atom stereocenters. The van der Waals surface area contributed by atoms with E-state index in [1.807, 2.05) is 39.6 Å². The summed E-state index contributed by atoms with van der Waals surface area (Å²) in [6, 6.07) is 0.339. The summed E-state index contributed by atoms with van der Waals surface area (Å²) in [4.78, 5) is 24.0. The van der Waals surface area contributed by atoms with Crippen LogP contribution in [0.5, 0.6) is 0 Å². The van der Waals surface area contributed by atoms with Gasteiger partial charge in [-0.3, -0.25) is 9.20 Å². The zero-order valence-electron chi connectivity index (χ0n) is 12.1. The quantitative estimate of drug-likeness (QED) is 0.743. The molecule has 22 heavy (non-hydrogen) atoms. The molecule has 3 aromatic rings. The van der Waals surface area contributed by atoms with Gasteiger partial charge in [0.2, 0.25) is 5.91 Å². The number of amides is 1. The van der Waals surface area contributed by atoms with Crippen molar-refractivity contribution in [2.75, 3.05) is 13.1 Å². The summed E-state index contributed by atoms with van der Waals surface area (Å²) in [5.74, 6) is 0.163. The van der Waals surface area contributed by atoms with Gasteiger partial charge in [-0.25, -0.2) is 9.97 Å². The number of piperidine rings is 1. The van der Waals surface area contributed by atoms with Gasteiger partial charge in [0, 0.05) is 43.3 Å². The van der Waals surface area contributed by atoms with E-state index < -0.39 is 0 Å². The van der Waals surface area contributed by atoms with Gasteiger partial charge in [-0.2, -0.15) is 0 Å². The first-order chi connectivity index (χ1) is 10.8. The topological polar surface area (TPSA) is 55.4 Å². The van der Waals surface area contributed by atoms with Crippen molar-refractivity contribution in [3.05, 3.63) is 42.2 Å². The maximum absolute atomic E-state index is 12.5. The maximum atomic E-state index is 12.5. The zero-order valence-corrected chi connectivity index (χ0v) is 12.9. The number of thiazole rings is 1. The van der Waals surface area contributed by atoms with Gasteiger partial charge in [-0.15, -0.1) is 11.3 Å². The highest BCUT2D eigenvalue weighted by Gasteiger charge is 2.25. The number of nitrogens with zero attached hydrogens (tertiary/aromatic N) is 5. The fraction of sp³-hybridized carbons (Fsp3) is 0.400. The van der Waals surface area contributed by atoms with E-state index in [0.29, 0.717) is 12.5 Å². The first-order valence-electron chi connectivity index (χ1n) is 7.46. The van der Waals surface area contributed by atoms with Crippen LogP contribution >= 0.6 is 11.3 Å². The monoisotopic (exact) mass is 315 g/mol. The minimum Gasteiger partial charge on any atom is -0.340 e. The number of carbonyl (C=O) groups is 1. The van der Waals surface area contributed by atoms with E-state index >= 15 is 0 Å². The van der Waals surface area contributed by atoms with Crippen LogP contribution < -0.4 is 0 Å². The van der Waals surface area contributed by atoms with Crippen LogP contribution in [0.15, 0.2) is 36.5 Å². The Labute approximate surface area is 132 Å². The smallest absolute Gasteiger partial charge is 0.228 e. The molecular formula is C15H17N5OS. The van der Waals surface area contributed by atoms with Gasteiger partial charge in [0.25, 0.3) is 0 Å². The van der Waals surface area contributed by atoms with Crippen LogP contribution in [0.25, 0.3) is 4.96 Å². The van der Waals surface area contributed by atoms with Gasteiger partial charge in [-0.05, 0) is 12.8 Å². The van der Waals surface area contributed by atoms with Crippen LogP contribution in [0.4, 0.5) is 0 Å². The number of imidazole rings is 2. The van der Waals surface area contributed by atoms with Gasteiger partial charge in [-0.1, -0.05) is 0 Å². The number of hydrogen-bond acceptors (Lipinski definition) is 4. The molecule has 3 aromatic heterocycles. The highest BCUT2D eigenvalue weighted by molar-refractivity contribution is 7.15. The van der Waals surface area contributed by atoms with E-state index in [2.05, 4.69) is 14.5 Å². The third-order valence-corrected chi connectivity index (χ3v) is 4.94. The second kappa shape index (κ2) is 5.57. The Kier molecular flexibility index (Phi) is 3.42. The highest BCUT2D eigenvalue weighted by atomic mass is 32.1. The molecule has 4 heterocycles. The molecule has 0 aliphatic carbocycles. The number of likely N-dealkylation sites (tertiary alicyclic amines) is 1. The number of carbonyl (C=O) groups excluding carboxylic acids is 1. The van der Waals surface area contributed by atoms with E-state index in [1.165, 1.54) is 0 Å². The van der Waals surface area contributed by atoms with Crippen molar-refractivity contribution in [1.29, 1.82) is 0 Å². The summed E-state index contributed by atoms with van der Waals surface area (Å²) in [7, 11) is 0. The zero-order chi connectivity index (χ0) is 14.9. The van der Waals surface area contributed by atoms with Crippen molar-refractivity contribution in [3.8, 4) is 0 Å². The molecule has 1 amide bonds. The van der Waals surface area contributed by atoms with E-state index in [0.717, 1.165) is 36.6 Å². The molecule has 1 aliphatic heterocycles. The second-order valence-corrected chi connectivity index (χ2v) is 6.52. The Morgan fingerprint density at radius 2 is 2.36 bits per heavy atom. The van der Waals surface area contributed by atoms with Crippen LogP contribution in [-0.2, 0) is 11.2 Å². The minimum absolute atomic E-state index is 0.163. The van der Waals surface area contributed by atoms with Crippen molar-refractivity contribution in [2.45, 2.75) is 25.3 Å². The minimum atomic E-state index is 0.163. The Morgan fingerprint density at radius 3 is 3.18 bits per heavy atom. The molecule has 0 aromatic carbocycles. The lowest BCUT2D eigenvalue weighted by atomic mass is 10.1. The first kappa shape index (κ1) is 13.5. The summed E-state index contributed by atoms with van der Waals surface area (Å²) >= 11 is 1.59. The molecule has 1 fully saturated rings. The van der Waals surface area contributed by atoms with Crippen LogP contribution in [0.3, 0.4) is 0 Å². The van der Waals surface area contributed by atoms with Crippen molar-refractivity contribution >= 4 is 22.2 Å². The predicted molar refractivity (Wildman–Crippen MR) is 83.9 cm³/mol. The van der Waals surface area contributed by atoms with Crippen molar-refractivity contribution in [1.82, 2.24) is 23.8 Å². The fourth-order valence-electron chi connectivity index (χ4n) is 3.04. The number of hydrogen-bond donors (Lipinski definition) is 0. The Balaban J connectivity index is 1.44. The van der Waals surface area contributed by atoms with Crippen LogP contribution in [0.1, 0.15) is 24.6 Å². The summed E-state index contributed by atoms with van der Waals surface area (Å²) in [6.07, 6.45) is 12.0. The normalized spacial score (nSPS) is 18.9. The molecule has 0 bridgehead atoms. The fourth-order valence-corrected chi connectivity index (χ4v) is 3.76. The molecule has 1 atom stereocenters. The molecule has 4 rings (SSSR count). The molecule has 1 aliphatic rings. The van der Waals surface area contributed by atoms with Gasteiger partial charge >= 0.3 is 0 Å². The van der Waals surface area contributed by atoms with Crippen LogP contribution in [-0.4, -0.2) is 42.8 Å². The van der Waals surface area contributed by atoms with E-state index in [1.54, 1.807) is 17.5 Å². The van der Waals surface area contributed by atoms with Crippen LogP contribution in [0, 0.1) is 0 Å². The number of fused-ring (bicyclic) bond motifs is 1. The Bertz CT molecular complexity index is 746. The van der Waals surface area contributed by atoms with Crippen molar-refractivity contribution in [2.24, 2.45) is 0 Å². The molecule has 7 heteroatoms. The van der Waals surface area contributed by atoms with Crippen molar-refractivity contribution in [3.63, 3.8) is 0 Å². The third kappa shape index (κ3) is 2.52. The van der Waals surface area contributed by atoms with Crippen molar-refractivity contribution < 1.29 is 4.79 Å². The Hall–Kier alpha value is -2.15. The standard InChI is InChI=1S/C15H17N5OS/c21-14(8-12-9-19-6-7-22-15(19)17-12)18-4-1-2-13(10-18)20-5-3-16-11-20/h3,5-7,9,11,13H,1-2,4,8,10H2. The molecule has 6 nitrogen and oxygen atoms in total. The second-order valence-electron chi connectivity index (χ2n) is 5.65. The number of aromatic nitrogens is 4. The summed E-state index contributed by atoms with van der Waals surface area (Å²) in [5, 5.41) is 1.99. The highest BCUT2D eigenvalue weighted by Crippen LogP contribution is 2.22. The van der Waals surface area contributed by atoms with E-state index in [9.17, 15) is 4.79 Å². The van der Waals surface area contributed by atoms with Crippen LogP contribution in [0.2, 0.25) is 0 Å². The SMILES string of the molecule is O=C(Cc1cn2ccsc2n1)N1CCCC(n2ccnc2)C1. The average Bonchev–Trinajstić information content (AvgIpc) is 3.24. The summed E-state index contributed by atoms with van der Waals surface area (Å²) in [5.41, 5.74) is 0.849. The summed E-state index contributed by atoms with van der Waals surface area (Å²) in [6.45, 7) is 1.60. The lowest BCUT2D eigenvalue weighted by molar-refractivity contribution is -0.132. The van der Waals surface area contributed by atoms with E-state index in [-0.39, 0.29) is 5.91 Å². The molecule has 1 saturated heterocycles.